The van der Waals surface area contributed by atoms with Crippen LogP contribution < -0.4 is 5.32 Å². The summed E-state index contributed by atoms with van der Waals surface area (Å²) >= 11 is 0. The Morgan fingerprint density at radius 2 is 1.50 bits per heavy atom. The van der Waals surface area contributed by atoms with E-state index in [4.69, 9.17) is 0 Å². The molecule has 0 unspecified atom stereocenters. The first-order chi connectivity index (χ1) is 9.98. The highest BCUT2D eigenvalue weighted by Gasteiger charge is 2.58. The maximum atomic E-state index is 13.4. The molecule has 1 aromatic rings. The van der Waals surface area contributed by atoms with Gasteiger partial charge in [-0.15, -0.1) is 12.4 Å². The van der Waals surface area contributed by atoms with E-state index in [0.29, 0.717) is 17.9 Å². The lowest BCUT2D eigenvalue weighted by Crippen LogP contribution is -2.39. The molecule has 0 aromatic heterocycles. The number of nitrogens with zero attached hydrogens (tertiary/aromatic N) is 1. The Bertz CT molecular complexity index is 662. The van der Waals surface area contributed by atoms with Crippen LogP contribution >= 0.6 is 12.4 Å². The van der Waals surface area contributed by atoms with Crippen LogP contribution in [0.25, 0.3) is 0 Å². The normalized spacial score (nSPS) is 33.7. The van der Waals surface area contributed by atoms with Crippen molar-refractivity contribution in [1.29, 1.82) is 0 Å². The van der Waals surface area contributed by atoms with Gasteiger partial charge in [-0.25, -0.2) is 17.2 Å². The van der Waals surface area contributed by atoms with E-state index in [9.17, 15) is 17.2 Å². The van der Waals surface area contributed by atoms with E-state index in [1.165, 1.54) is 4.31 Å². The zero-order valence-corrected chi connectivity index (χ0v) is 13.3. The third-order valence-electron chi connectivity index (χ3n) is 5.12. The van der Waals surface area contributed by atoms with Crippen molar-refractivity contribution in [2.45, 2.75) is 29.8 Å². The van der Waals surface area contributed by atoms with Gasteiger partial charge in [-0.1, -0.05) is 0 Å². The van der Waals surface area contributed by atoms with Crippen molar-refractivity contribution in [3.63, 3.8) is 0 Å². The predicted octanol–water partition coefficient (Wildman–Crippen LogP) is 1.76. The van der Waals surface area contributed by atoms with Crippen LogP contribution in [-0.2, 0) is 10.0 Å². The lowest BCUT2D eigenvalue weighted by Gasteiger charge is -2.24. The first-order valence-corrected chi connectivity index (χ1v) is 8.63. The van der Waals surface area contributed by atoms with E-state index in [1.807, 2.05) is 0 Å². The molecule has 0 radical (unpaired) electrons. The number of hydrogen-bond acceptors (Lipinski definition) is 3. The van der Waals surface area contributed by atoms with Crippen molar-refractivity contribution >= 4 is 22.4 Å². The molecule has 22 heavy (non-hydrogen) atoms. The molecule has 3 aliphatic heterocycles. The zero-order chi connectivity index (χ0) is 14.8. The average Bonchev–Trinajstić information content (AvgIpc) is 3.09. The van der Waals surface area contributed by atoms with Crippen LogP contribution in [0.3, 0.4) is 0 Å². The van der Waals surface area contributed by atoms with Crippen LogP contribution in [0.4, 0.5) is 8.78 Å². The van der Waals surface area contributed by atoms with Gasteiger partial charge in [-0.3, -0.25) is 0 Å². The van der Waals surface area contributed by atoms with Gasteiger partial charge in [0.25, 0.3) is 0 Å². The molecular formula is C14H17ClF2N2O2S. The highest BCUT2D eigenvalue weighted by molar-refractivity contribution is 7.89. The molecule has 122 valence electrons. The predicted molar refractivity (Wildman–Crippen MR) is 79.3 cm³/mol. The summed E-state index contributed by atoms with van der Waals surface area (Å²) in [7, 11) is -3.84. The van der Waals surface area contributed by atoms with Crippen molar-refractivity contribution in [2.24, 2.45) is 11.8 Å². The van der Waals surface area contributed by atoms with Crippen molar-refractivity contribution < 1.29 is 17.2 Å². The molecule has 3 heterocycles. The summed E-state index contributed by atoms with van der Waals surface area (Å²) in [5.41, 5.74) is 0. The summed E-state index contributed by atoms with van der Waals surface area (Å²) in [5, 5.41) is 3.31. The Balaban J connectivity index is 0.00000144. The fourth-order valence-corrected chi connectivity index (χ4v) is 6.37. The monoisotopic (exact) mass is 350 g/mol. The molecule has 8 heteroatoms. The van der Waals surface area contributed by atoms with Crippen molar-refractivity contribution in [1.82, 2.24) is 9.62 Å². The number of hydrogen-bond donors (Lipinski definition) is 1. The SMILES string of the molecule is Cl.O=S(=O)(c1cc(F)cc(F)c1)N1[C@@H]2CC[C@H]1[C@H]1CNC[C@H]12. The van der Waals surface area contributed by atoms with E-state index in [0.717, 1.165) is 38.1 Å². The van der Waals surface area contributed by atoms with Crippen molar-refractivity contribution in [3.05, 3.63) is 29.8 Å². The Hall–Kier alpha value is -0.760. The maximum absolute atomic E-state index is 13.4. The maximum Gasteiger partial charge on any atom is 0.243 e. The Labute approximate surface area is 134 Å². The first kappa shape index (κ1) is 16.1. The van der Waals surface area contributed by atoms with Gasteiger partial charge in [0.1, 0.15) is 11.6 Å². The standard InChI is InChI=1S/C14H16F2N2O2S.ClH/c15-8-3-9(16)5-10(4-8)21(19,20)18-13-1-2-14(18)12-7-17-6-11(12)13;/h3-5,11-14,17H,1-2,6-7H2;1H/t11-,12+,13-,14+;. The number of rotatable bonds is 2. The van der Waals surface area contributed by atoms with Crippen molar-refractivity contribution in [2.75, 3.05) is 13.1 Å². The van der Waals surface area contributed by atoms with E-state index >= 15 is 0 Å². The molecule has 1 N–H and O–H groups in total. The quantitative estimate of drug-likeness (QED) is 0.884. The molecule has 4 atom stereocenters. The Morgan fingerprint density at radius 1 is 1.00 bits per heavy atom. The average molecular weight is 351 g/mol. The summed E-state index contributed by atoms with van der Waals surface area (Å²) in [4.78, 5) is -0.273. The van der Waals surface area contributed by atoms with Crippen LogP contribution in [-0.4, -0.2) is 37.9 Å². The van der Waals surface area contributed by atoms with E-state index in [2.05, 4.69) is 5.32 Å². The van der Waals surface area contributed by atoms with Crippen LogP contribution in [0.5, 0.6) is 0 Å². The molecule has 0 amide bonds. The smallest absolute Gasteiger partial charge is 0.243 e. The second-order valence-electron chi connectivity index (χ2n) is 6.14. The molecule has 2 bridgehead atoms. The second kappa shape index (κ2) is 5.40. The fourth-order valence-electron chi connectivity index (χ4n) is 4.37. The second-order valence-corrected chi connectivity index (χ2v) is 7.98. The summed E-state index contributed by atoms with van der Waals surface area (Å²) in [5.74, 6) is -1.06. The van der Waals surface area contributed by atoms with Crippen LogP contribution in [0.2, 0.25) is 0 Å². The minimum absolute atomic E-state index is 0. The fraction of sp³-hybridized carbons (Fsp3) is 0.571. The van der Waals surface area contributed by atoms with Gasteiger partial charge in [-0.2, -0.15) is 4.31 Å². The Kier molecular flexibility index (Phi) is 3.96. The molecule has 3 aliphatic rings. The van der Waals surface area contributed by atoms with Crippen LogP contribution in [0.1, 0.15) is 12.8 Å². The summed E-state index contributed by atoms with van der Waals surface area (Å²) in [6, 6.07) is 2.43. The molecule has 3 saturated heterocycles. The highest BCUT2D eigenvalue weighted by atomic mass is 35.5. The third-order valence-corrected chi connectivity index (χ3v) is 7.05. The van der Waals surface area contributed by atoms with E-state index < -0.39 is 21.7 Å². The van der Waals surface area contributed by atoms with Gasteiger partial charge in [0.2, 0.25) is 10.0 Å². The largest absolute Gasteiger partial charge is 0.316 e. The van der Waals surface area contributed by atoms with Crippen molar-refractivity contribution in [3.8, 4) is 0 Å². The van der Waals surface area contributed by atoms with E-state index in [1.54, 1.807) is 0 Å². The molecule has 0 saturated carbocycles. The van der Waals surface area contributed by atoms with Crippen LogP contribution in [0.15, 0.2) is 23.1 Å². The first-order valence-electron chi connectivity index (χ1n) is 7.19. The Morgan fingerprint density at radius 3 is 2.00 bits per heavy atom. The molecule has 0 aliphatic carbocycles. The minimum Gasteiger partial charge on any atom is -0.316 e. The topological polar surface area (TPSA) is 49.4 Å². The van der Waals surface area contributed by atoms with Gasteiger partial charge in [0.15, 0.2) is 0 Å². The summed E-state index contributed by atoms with van der Waals surface area (Å²) in [6.45, 7) is 1.66. The number of fused-ring (bicyclic) bond motifs is 5. The van der Waals surface area contributed by atoms with Crippen LogP contribution in [0, 0.1) is 23.5 Å². The van der Waals surface area contributed by atoms with Gasteiger partial charge in [0, 0.05) is 18.2 Å². The molecular weight excluding hydrogens is 334 g/mol. The molecule has 4 rings (SSSR count). The van der Waals surface area contributed by atoms with E-state index in [-0.39, 0.29) is 29.4 Å². The van der Waals surface area contributed by atoms with Gasteiger partial charge < -0.3 is 5.32 Å². The zero-order valence-electron chi connectivity index (χ0n) is 11.7. The lowest BCUT2D eigenvalue weighted by molar-refractivity contribution is 0.354. The lowest BCUT2D eigenvalue weighted by atomic mass is 9.82. The van der Waals surface area contributed by atoms with Gasteiger partial charge >= 0.3 is 0 Å². The molecule has 1 aromatic carbocycles. The summed E-state index contributed by atoms with van der Waals surface area (Å²) in [6.07, 6.45) is 1.68. The van der Waals surface area contributed by atoms with Gasteiger partial charge in [-0.05, 0) is 49.9 Å². The number of benzene rings is 1. The number of halogens is 3. The molecule has 3 fully saturated rings. The number of nitrogens with one attached hydrogen (secondary N) is 1. The minimum atomic E-state index is -3.84. The summed E-state index contributed by atoms with van der Waals surface area (Å²) < 4.78 is 53.8. The molecule has 4 nitrogen and oxygen atoms in total. The number of sulfonamides is 1. The third kappa shape index (κ3) is 2.18. The molecule has 0 spiro atoms. The van der Waals surface area contributed by atoms with Gasteiger partial charge in [0.05, 0.1) is 4.90 Å². The highest BCUT2D eigenvalue weighted by Crippen LogP contribution is 2.49.